The van der Waals surface area contributed by atoms with E-state index in [0.29, 0.717) is 11.8 Å². The van der Waals surface area contributed by atoms with Crippen molar-refractivity contribution in [2.45, 2.75) is 39.2 Å². The van der Waals surface area contributed by atoms with E-state index in [9.17, 15) is 4.79 Å². The lowest BCUT2D eigenvalue weighted by Crippen LogP contribution is -2.46. The van der Waals surface area contributed by atoms with Crippen molar-refractivity contribution in [1.82, 2.24) is 10.2 Å². The first kappa shape index (κ1) is 13.1. The molecule has 1 saturated heterocycles. The lowest BCUT2D eigenvalue weighted by molar-refractivity contribution is 0.0609. The molecular formula is C14H22N2O2. The number of amides is 1. The normalized spacial score (nSPS) is 16.8. The highest BCUT2D eigenvalue weighted by atomic mass is 16.3. The summed E-state index contributed by atoms with van der Waals surface area (Å²) in [5.74, 6) is 1.30. The summed E-state index contributed by atoms with van der Waals surface area (Å²) in [6.45, 7) is 6.77. The molecule has 0 saturated carbocycles. The molecule has 2 rings (SSSR count). The van der Waals surface area contributed by atoms with Gasteiger partial charge in [0.15, 0.2) is 5.76 Å². The Labute approximate surface area is 108 Å². The Hall–Kier alpha value is -1.29. The first-order valence-corrected chi connectivity index (χ1v) is 6.80. The molecule has 18 heavy (non-hydrogen) atoms. The fraction of sp³-hybridized carbons (Fsp3) is 0.643. The smallest absolute Gasteiger partial charge is 0.289 e. The molecule has 1 aromatic heterocycles. The lowest BCUT2D eigenvalue weighted by Gasteiger charge is -2.34. The first-order valence-electron chi connectivity index (χ1n) is 6.80. The van der Waals surface area contributed by atoms with Crippen molar-refractivity contribution in [2.24, 2.45) is 0 Å². The van der Waals surface area contributed by atoms with Gasteiger partial charge in [0.05, 0.1) is 0 Å². The number of hydrogen-bond acceptors (Lipinski definition) is 3. The highest BCUT2D eigenvalue weighted by molar-refractivity contribution is 5.91. The van der Waals surface area contributed by atoms with Gasteiger partial charge in [0.25, 0.3) is 5.91 Å². The predicted octanol–water partition coefficient (Wildman–Crippen LogP) is 2.19. The Morgan fingerprint density at radius 1 is 1.44 bits per heavy atom. The number of nitrogens with one attached hydrogen (secondary N) is 1. The van der Waals surface area contributed by atoms with E-state index in [2.05, 4.69) is 12.2 Å². The van der Waals surface area contributed by atoms with Crippen LogP contribution in [0.3, 0.4) is 0 Å². The second kappa shape index (κ2) is 6.05. The van der Waals surface area contributed by atoms with Crippen molar-refractivity contribution in [3.8, 4) is 0 Å². The number of furan rings is 1. The van der Waals surface area contributed by atoms with Crippen LogP contribution in [0, 0.1) is 6.92 Å². The molecule has 1 amide bonds. The summed E-state index contributed by atoms with van der Waals surface area (Å²) in [4.78, 5) is 14.4. The molecule has 0 spiro atoms. The van der Waals surface area contributed by atoms with Crippen LogP contribution in [0.5, 0.6) is 0 Å². The number of carbonyl (C=O) groups excluding carboxylic acids is 1. The van der Waals surface area contributed by atoms with Crippen molar-refractivity contribution < 1.29 is 9.21 Å². The molecule has 1 N–H and O–H groups in total. The average molecular weight is 250 g/mol. The van der Waals surface area contributed by atoms with Gasteiger partial charge >= 0.3 is 0 Å². The predicted molar refractivity (Wildman–Crippen MR) is 70.7 cm³/mol. The number of nitrogens with zero attached hydrogens (tertiary/aromatic N) is 1. The van der Waals surface area contributed by atoms with E-state index >= 15 is 0 Å². The molecule has 1 fully saturated rings. The summed E-state index contributed by atoms with van der Waals surface area (Å²) in [6, 6.07) is 3.98. The largest absolute Gasteiger partial charge is 0.456 e. The Morgan fingerprint density at radius 2 is 2.17 bits per heavy atom. The van der Waals surface area contributed by atoms with Gasteiger partial charge in [0, 0.05) is 12.6 Å². The van der Waals surface area contributed by atoms with Crippen LogP contribution in [0.2, 0.25) is 0 Å². The van der Waals surface area contributed by atoms with Crippen molar-refractivity contribution in [3.05, 3.63) is 23.7 Å². The third kappa shape index (κ3) is 2.93. The Bertz CT molecular complexity index is 394. The number of carbonyl (C=O) groups is 1. The number of piperidine rings is 1. The Kier molecular flexibility index (Phi) is 4.42. The zero-order chi connectivity index (χ0) is 13.0. The van der Waals surface area contributed by atoms with Gasteiger partial charge in [0.1, 0.15) is 5.76 Å². The molecule has 1 aliphatic rings. The Balaban J connectivity index is 2.10. The van der Waals surface area contributed by atoms with Crippen LogP contribution in [-0.2, 0) is 0 Å². The molecule has 0 atom stereocenters. The molecule has 4 heteroatoms. The molecule has 100 valence electrons. The monoisotopic (exact) mass is 250 g/mol. The number of aryl methyl sites for hydroxylation is 1. The van der Waals surface area contributed by atoms with Crippen molar-refractivity contribution in [2.75, 3.05) is 19.6 Å². The second-order valence-corrected chi connectivity index (χ2v) is 4.89. The van der Waals surface area contributed by atoms with Gasteiger partial charge in [-0.1, -0.05) is 6.92 Å². The second-order valence-electron chi connectivity index (χ2n) is 4.89. The summed E-state index contributed by atoms with van der Waals surface area (Å²) < 4.78 is 5.46. The maximum Gasteiger partial charge on any atom is 0.289 e. The van der Waals surface area contributed by atoms with Gasteiger partial charge in [-0.2, -0.15) is 0 Å². The van der Waals surface area contributed by atoms with Gasteiger partial charge in [0.2, 0.25) is 0 Å². The van der Waals surface area contributed by atoms with Crippen LogP contribution in [0.25, 0.3) is 0 Å². The van der Waals surface area contributed by atoms with E-state index in [1.54, 1.807) is 6.07 Å². The van der Waals surface area contributed by atoms with E-state index in [-0.39, 0.29) is 5.91 Å². The summed E-state index contributed by atoms with van der Waals surface area (Å²) in [5.41, 5.74) is 0. The third-order valence-corrected chi connectivity index (χ3v) is 3.43. The first-order chi connectivity index (χ1) is 8.72. The maximum absolute atomic E-state index is 12.5. The van der Waals surface area contributed by atoms with E-state index in [0.717, 1.165) is 44.7 Å². The average Bonchev–Trinajstić information content (AvgIpc) is 2.83. The maximum atomic E-state index is 12.5. The van der Waals surface area contributed by atoms with E-state index in [4.69, 9.17) is 4.42 Å². The van der Waals surface area contributed by atoms with Crippen LogP contribution in [0.15, 0.2) is 16.5 Å². The highest BCUT2D eigenvalue weighted by Gasteiger charge is 2.27. The SMILES string of the molecule is CCCN(C(=O)c1ccc(C)o1)C1CCNCC1. The minimum atomic E-state index is 0.0388. The minimum absolute atomic E-state index is 0.0388. The van der Waals surface area contributed by atoms with Crippen LogP contribution in [0.1, 0.15) is 42.5 Å². The molecule has 0 aliphatic carbocycles. The van der Waals surface area contributed by atoms with E-state index in [1.807, 2.05) is 17.9 Å². The van der Waals surface area contributed by atoms with Crippen molar-refractivity contribution in [1.29, 1.82) is 0 Å². The fourth-order valence-corrected chi connectivity index (χ4v) is 2.50. The summed E-state index contributed by atoms with van der Waals surface area (Å²) in [6.07, 6.45) is 3.05. The number of hydrogen-bond donors (Lipinski definition) is 1. The van der Waals surface area contributed by atoms with Crippen LogP contribution in [0.4, 0.5) is 0 Å². The van der Waals surface area contributed by atoms with Gasteiger partial charge in [-0.3, -0.25) is 4.79 Å². The van der Waals surface area contributed by atoms with Gasteiger partial charge in [-0.05, 0) is 51.4 Å². The lowest BCUT2D eigenvalue weighted by atomic mass is 10.0. The van der Waals surface area contributed by atoms with Gasteiger partial charge < -0.3 is 14.6 Å². The molecule has 1 aromatic rings. The molecule has 4 nitrogen and oxygen atoms in total. The summed E-state index contributed by atoms with van der Waals surface area (Å²) in [7, 11) is 0. The summed E-state index contributed by atoms with van der Waals surface area (Å²) in [5, 5.41) is 3.33. The van der Waals surface area contributed by atoms with Crippen molar-refractivity contribution >= 4 is 5.91 Å². The molecular weight excluding hydrogens is 228 g/mol. The van der Waals surface area contributed by atoms with Crippen LogP contribution in [-0.4, -0.2) is 36.5 Å². The van der Waals surface area contributed by atoms with Crippen LogP contribution >= 0.6 is 0 Å². The standard InChI is InChI=1S/C14H22N2O2/c1-3-10-16(12-6-8-15-9-7-12)14(17)13-5-4-11(2)18-13/h4-5,12,15H,3,6-10H2,1-2H3. The molecule has 0 unspecified atom stereocenters. The highest BCUT2D eigenvalue weighted by Crippen LogP contribution is 2.17. The number of rotatable bonds is 4. The van der Waals surface area contributed by atoms with E-state index in [1.165, 1.54) is 0 Å². The fourth-order valence-electron chi connectivity index (χ4n) is 2.50. The third-order valence-electron chi connectivity index (χ3n) is 3.43. The molecule has 0 bridgehead atoms. The van der Waals surface area contributed by atoms with Gasteiger partial charge in [-0.25, -0.2) is 0 Å². The van der Waals surface area contributed by atoms with E-state index < -0.39 is 0 Å². The topological polar surface area (TPSA) is 45.5 Å². The van der Waals surface area contributed by atoms with Crippen LogP contribution < -0.4 is 5.32 Å². The minimum Gasteiger partial charge on any atom is -0.456 e. The zero-order valence-electron chi connectivity index (χ0n) is 11.2. The molecule has 1 aliphatic heterocycles. The van der Waals surface area contributed by atoms with Crippen molar-refractivity contribution in [3.63, 3.8) is 0 Å². The Morgan fingerprint density at radius 3 is 2.72 bits per heavy atom. The molecule has 0 aromatic carbocycles. The van der Waals surface area contributed by atoms with Gasteiger partial charge in [-0.15, -0.1) is 0 Å². The zero-order valence-corrected chi connectivity index (χ0v) is 11.2. The summed E-state index contributed by atoms with van der Waals surface area (Å²) >= 11 is 0. The molecule has 2 heterocycles. The quantitative estimate of drug-likeness (QED) is 0.891. The molecule has 0 radical (unpaired) electrons.